The Hall–Kier alpha value is -3.55. The van der Waals surface area contributed by atoms with E-state index in [0.717, 1.165) is 32.0 Å². The third kappa shape index (κ3) is 4.06. The fraction of sp³-hybridized carbons (Fsp3) is 0.200. The van der Waals surface area contributed by atoms with Gasteiger partial charge in [-0.15, -0.1) is 0 Å². The Labute approximate surface area is 161 Å². The zero-order chi connectivity index (χ0) is 19.3. The molecule has 1 aliphatic heterocycles. The number of carbonyl (C=O) groups is 1. The standard InChI is InChI=1S/C20H19FN6O/c21-16-6-4-15(5-7-16)19(28)25-17-13-23-20(24-14-17)27-11-9-26(10-12-27)18-3-1-2-8-22-18/h1-8,13-14H,9-12H2,(H,25,28). The maximum atomic E-state index is 13.0. The molecule has 7 nitrogen and oxygen atoms in total. The first-order valence-electron chi connectivity index (χ1n) is 8.99. The second-order valence-electron chi connectivity index (χ2n) is 6.39. The van der Waals surface area contributed by atoms with Crippen LogP contribution in [0, 0.1) is 5.82 Å². The molecule has 0 bridgehead atoms. The maximum absolute atomic E-state index is 13.0. The van der Waals surface area contributed by atoms with Gasteiger partial charge in [-0.3, -0.25) is 4.79 Å². The predicted octanol–water partition coefficient (Wildman–Crippen LogP) is 2.59. The topological polar surface area (TPSA) is 74.2 Å². The SMILES string of the molecule is O=C(Nc1cnc(N2CCN(c3ccccn3)CC2)nc1)c1ccc(F)cc1. The number of halogens is 1. The predicted molar refractivity (Wildman–Crippen MR) is 105 cm³/mol. The van der Waals surface area contributed by atoms with Crippen LogP contribution in [0.15, 0.2) is 61.1 Å². The molecule has 2 aromatic heterocycles. The van der Waals surface area contributed by atoms with Crippen LogP contribution in [0.2, 0.25) is 0 Å². The van der Waals surface area contributed by atoms with Gasteiger partial charge in [-0.05, 0) is 36.4 Å². The number of pyridine rings is 1. The fourth-order valence-electron chi connectivity index (χ4n) is 3.03. The highest BCUT2D eigenvalue weighted by molar-refractivity contribution is 6.04. The van der Waals surface area contributed by atoms with E-state index < -0.39 is 0 Å². The van der Waals surface area contributed by atoms with Gasteiger partial charge < -0.3 is 15.1 Å². The Balaban J connectivity index is 1.35. The molecule has 0 aliphatic carbocycles. The maximum Gasteiger partial charge on any atom is 0.255 e. The van der Waals surface area contributed by atoms with Crippen molar-refractivity contribution >= 4 is 23.4 Å². The number of anilines is 3. The Morgan fingerprint density at radius 3 is 2.21 bits per heavy atom. The van der Waals surface area contributed by atoms with Gasteiger partial charge in [-0.2, -0.15) is 0 Å². The Morgan fingerprint density at radius 2 is 1.57 bits per heavy atom. The van der Waals surface area contributed by atoms with Crippen molar-refractivity contribution in [1.29, 1.82) is 0 Å². The van der Waals surface area contributed by atoms with Crippen molar-refractivity contribution in [3.05, 3.63) is 72.4 Å². The molecular weight excluding hydrogens is 359 g/mol. The second-order valence-corrected chi connectivity index (χ2v) is 6.39. The number of rotatable bonds is 4. The van der Waals surface area contributed by atoms with Gasteiger partial charge in [-0.1, -0.05) is 6.07 Å². The number of amides is 1. The molecule has 1 aromatic carbocycles. The Bertz CT molecular complexity index is 925. The largest absolute Gasteiger partial charge is 0.353 e. The lowest BCUT2D eigenvalue weighted by Crippen LogP contribution is -2.47. The van der Waals surface area contributed by atoms with E-state index in [-0.39, 0.29) is 11.7 Å². The van der Waals surface area contributed by atoms with E-state index in [1.165, 1.54) is 24.3 Å². The lowest BCUT2D eigenvalue weighted by molar-refractivity contribution is 0.102. The van der Waals surface area contributed by atoms with Crippen molar-refractivity contribution in [2.24, 2.45) is 0 Å². The molecule has 1 fully saturated rings. The van der Waals surface area contributed by atoms with Crippen LogP contribution in [0.1, 0.15) is 10.4 Å². The molecule has 1 saturated heterocycles. The van der Waals surface area contributed by atoms with Crippen LogP contribution in [-0.2, 0) is 0 Å². The molecule has 28 heavy (non-hydrogen) atoms. The van der Waals surface area contributed by atoms with E-state index >= 15 is 0 Å². The summed E-state index contributed by atoms with van der Waals surface area (Å²) in [5.41, 5.74) is 0.862. The van der Waals surface area contributed by atoms with Crippen LogP contribution >= 0.6 is 0 Å². The van der Waals surface area contributed by atoms with Crippen molar-refractivity contribution in [3.63, 3.8) is 0 Å². The number of benzene rings is 1. The normalized spacial score (nSPS) is 14.0. The third-order valence-electron chi connectivity index (χ3n) is 4.54. The number of hydrogen-bond donors (Lipinski definition) is 1. The summed E-state index contributed by atoms with van der Waals surface area (Å²) in [6.45, 7) is 3.25. The summed E-state index contributed by atoms with van der Waals surface area (Å²) in [5.74, 6) is 0.884. The molecule has 142 valence electrons. The second kappa shape index (κ2) is 7.99. The molecule has 1 amide bonds. The molecule has 0 spiro atoms. The van der Waals surface area contributed by atoms with Gasteiger partial charge in [0, 0.05) is 37.9 Å². The summed E-state index contributed by atoms with van der Waals surface area (Å²) in [4.78, 5) is 29.6. The van der Waals surface area contributed by atoms with E-state index in [1.807, 2.05) is 18.2 Å². The average molecular weight is 378 g/mol. The minimum atomic E-state index is -0.382. The van der Waals surface area contributed by atoms with E-state index in [2.05, 4.69) is 30.1 Å². The van der Waals surface area contributed by atoms with Crippen LogP contribution in [0.4, 0.5) is 21.8 Å². The monoisotopic (exact) mass is 378 g/mol. The van der Waals surface area contributed by atoms with Gasteiger partial charge in [-0.25, -0.2) is 19.3 Å². The number of aromatic nitrogens is 3. The van der Waals surface area contributed by atoms with Gasteiger partial charge in [0.2, 0.25) is 5.95 Å². The quantitative estimate of drug-likeness (QED) is 0.752. The first-order chi connectivity index (χ1) is 13.7. The smallest absolute Gasteiger partial charge is 0.255 e. The van der Waals surface area contributed by atoms with E-state index in [9.17, 15) is 9.18 Å². The molecule has 1 N–H and O–H groups in total. The molecule has 3 aromatic rings. The number of piperazine rings is 1. The van der Waals surface area contributed by atoms with Crippen molar-refractivity contribution in [1.82, 2.24) is 15.0 Å². The summed E-state index contributed by atoms with van der Waals surface area (Å²) >= 11 is 0. The van der Waals surface area contributed by atoms with Crippen LogP contribution in [0.25, 0.3) is 0 Å². The summed E-state index contributed by atoms with van der Waals surface area (Å²) in [6, 6.07) is 11.3. The summed E-state index contributed by atoms with van der Waals surface area (Å²) in [7, 11) is 0. The van der Waals surface area contributed by atoms with Gasteiger partial charge in [0.05, 0.1) is 18.1 Å². The van der Waals surface area contributed by atoms with Gasteiger partial charge in [0.1, 0.15) is 11.6 Å². The minimum absolute atomic E-state index is 0.333. The summed E-state index contributed by atoms with van der Waals surface area (Å²) < 4.78 is 13.0. The number of nitrogens with zero attached hydrogens (tertiary/aromatic N) is 5. The molecule has 0 atom stereocenters. The number of carbonyl (C=O) groups excluding carboxylic acids is 1. The van der Waals surface area contributed by atoms with Gasteiger partial charge in [0.25, 0.3) is 5.91 Å². The minimum Gasteiger partial charge on any atom is -0.353 e. The van der Waals surface area contributed by atoms with E-state index in [0.29, 0.717) is 17.2 Å². The number of nitrogens with one attached hydrogen (secondary N) is 1. The van der Waals surface area contributed by atoms with Crippen molar-refractivity contribution in [3.8, 4) is 0 Å². The molecule has 0 unspecified atom stereocenters. The molecule has 0 radical (unpaired) electrons. The van der Waals surface area contributed by atoms with E-state index in [1.54, 1.807) is 18.6 Å². The molecule has 3 heterocycles. The molecule has 0 saturated carbocycles. The Kier molecular flexibility index (Phi) is 5.09. The first-order valence-corrected chi connectivity index (χ1v) is 8.99. The van der Waals surface area contributed by atoms with Gasteiger partial charge >= 0.3 is 0 Å². The average Bonchev–Trinajstić information content (AvgIpc) is 2.75. The highest BCUT2D eigenvalue weighted by atomic mass is 19.1. The van der Waals surface area contributed by atoms with Crippen molar-refractivity contribution in [2.45, 2.75) is 0 Å². The van der Waals surface area contributed by atoms with Crippen molar-refractivity contribution in [2.75, 3.05) is 41.3 Å². The summed E-state index contributed by atoms with van der Waals surface area (Å²) in [5, 5.41) is 2.71. The van der Waals surface area contributed by atoms with Crippen molar-refractivity contribution < 1.29 is 9.18 Å². The van der Waals surface area contributed by atoms with Gasteiger partial charge in [0.15, 0.2) is 0 Å². The third-order valence-corrected chi connectivity index (χ3v) is 4.54. The van der Waals surface area contributed by atoms with Crippen LogP contribution in [0.5, 0.6) is 0 Å². The van der Waals surface area contributed by atoms with Crippen LogP contribution in [0.3, 0.4) is 0 Å². The fourth-order valence-corrected chi connectivity index (χ4v) is 3.03. The lowest BCUT2D eigenvalue weighted by atomic mass is 10.2. The zero-order valence-corrected chi connectivity index (χ0v) is 15.1. The molecule has 4 rings (SSSR count). The molecular formula is C20H19FN6O. The highest BCUT2D eigenvalue weighted by Gasteiger charge is 2.19. The molecule has 8 heteroatoms. The Morgan fingerprint density at radius 1 is 0.893 bits per heavy atom. The lowest BCUT2D eigenvalue weighted by Gasteiger charge is -2.35. The van der Waals surface area contributed by atoms with E-state index in [4.69, 9.17) is 0 Å². The van der Waals surface area contributed by atoms with Crippen LogP contribution in [-0.4, -0.2) is 47.0 Å². The number of hydrogen-bond acceptors (Lipinski definition) is 6. The zero-order valence-electron chi connectivity index (χ0n) is 15.1. The molecule has 1 aliphatic rings. The van der Waals surface area contributed by atoms with Crippen LogP contribution < -0.4 is 15.1 Å². The first kappa shape index (κ1) is 17.8. The highest BCUT2D eigenvalue weighted by Crippen LogP contribution is 2.17. The summed E-state index contributed by atoms with van der Waals surface area (Å²) in [6.07, 6.45) is 4.95.